The number of aliphatic carboxylic acids is 1. The SMILES string of the molecule is Cc1cccc(C(CC(=O)O)NC(=O)C2CCCc3ccccc32)c1. The van der Waals surface area contributed by atoms with Gasteiger partial charge >= 0.3 is 5.97 Å². The van der Waals surface area contributed by atoms with E-state index < -0.39 is 12.0 Å². The zero-order valence-corrected chi connectivity index (χ0v) is 14.4. The van der Waals surface area contributed by atoms with Crippen LogP contribution in [0.3, 0.4) is 0 Å². The summed E-state index contributed by atoms with van der Waals surface area (Å²) in [5.74, 6) is -1.21. The standard InChI is InChI=1S/C21H23NO3/c1-14-6-4-9-16(12-14)19(13-20(23)24)22-21(25)18-11-5-8-15-7-2-3-10-17(15)18/h2-4,6-7,9-10,12,18-19H,5,8,11,13H2,1H3,(H,22,25)(H,23,24). The fourth-order valence-electron chi connectivity index (χ4n) is 3.61. The second-order valence-electron chi connectivity index (χ2n) is 6.72. The predicted octanol–water partition coefficient (Wildman–Crippen LogP) is 3.75. The van der Waals surface area contributed by atoms with E-state index in [1.165, 1.54) is 5.56 Å². The minimum Gasteiger partial charge on any atom is -0.481 e. The van der Waals surface area contributed by atoms with Crippen LogP contribution in [0.2, 0.25) is 0 Å². The van der Waals surface area contributed by atoms with Crippen molar-refractivity contribution < 1.29 is 14.7 Å². The number of aryl methyl sites for hydroxylation is 2. The Hall–Kier alpha value is -2.62. The van der Waals surface area contributed by atoms with Crippen LogP contribution in [0.25, 0.3) is 0 Å². The average Bonchev–Trinajstić information content (AvgIpc) is 2.60. The van der Waals surface area contributed by atoms with Crippen molar-refractivity contribution in [1.29, 1.82) is 0 Å². The van der Waals surface area contributed by atoms with Gasteiger partial charge in [-0.05, 0) is 42.9 Å². The number of rotatable bonds is 5. The summed E-state index contributed by atoms with van der Waals surface area (Å²) in [6.07, 6.45) is 2.65. The molecule has 1 aliphatic carbocycles. The van der Waals surface area contributed by atoms with Crippen molar-refractivity contribution in [3.05, 3.63) is 70.8 Å². The molecule has 0 saturated carbocycles. The van der Waals surface area contributed by atoms with E-state index in [2.05, 4.69) is 11.4 Å². The molecular formula is C21H23NO3. The molecule has 0 radical (unpaired) electrons. The van der Waals surface area contributed by atoms with Crippen molar-refractivity contribution in [2.24, 2.45) is 0 Å². The van der Waals surface area contributed by atoms with E-state index in [-0.39, 0.29) is 18.2 Å². The maximum atomic E-state index is 12.9. The molecule has 0 spiro atoms. The summed E-state index contributed by atoms with van der Waals surface area (Å²) in [5, 5.41) is 12.2. The third kappa shape index (κ3) is 4.08. The molecule has 2 aromatic rings. The number of carbonyl (C=O) groups is 2. The topological polar surface area (TPSA) is 66.4 Å². The highest BCUT2D eigenvalue weighted by Crippen LogP contribution is 2.32. The molecule has 1 amide bonds. The second-order valence-corrected chi connectivity index (χ2v) is 6.72. The molecule has 25 heavy (non-hydrogen) atoms. The van der Waals surface area contributed by atoms with E-state index in [1.54, 1.807) is 0 Å². The molecule has 0 aliphatic heterocycles. The molecule has 130 valence electrons. The van der Waals surface area contributed by atoms with Gasteiger partial charge in [0.1, 0.15) is 0 Å². The van der Waals surface area contributed by atoms with Gasteiger partial charge < -0.3 is 10.4 Å². The molecule has 0 saturated heterocycles. The molecule has 2 N–H and O–H groups in total. The van der Waals surface area contributed by atoms with Gasteiger partial charge in [0.25, 0.3) is 0 Å². The van der Waals surface area contributed by atoms with Gasteiger partial charge in [0.05, 0.1) is 18.4 Å². The Bertz CT molecular complexity index is 784. The van der Waals surface area contributed by atoms with Gasteiger partial charge in [-0.3, -0.25) is 9.59 Å². The van der Waals surface area contributed by atoms with Crippen LogP contribution < -0.4 is 5.32 Å². The van der Waals surface area contributed by atoms with Gasteiger partial charge in [-0.1, -0.05) is 54.1 Å². The van der Waals surface area contributed by atoms with E-state index >= 15 is 0 Å². The monoisotopic (exact) mass is 337 g/mol. The molecule has 0 heterocycles. The lowest BCUT2D eigenvalue weighted by Gasteiger charge is -2.27. The smallest absolute Gasteiger partial charge is 0.305 e. The molecule has 4 nitrogen and oxygen atoms in total. The maximum Gasteiger partial charge on any atom is 0.305 e. The van der Waals surface area contributed by atoms with Gasteiger partial charge in [0.15, 0.2) is 0 Å². The first-order chi connectivity index (χ1) is 12.0. The lowest BCUT2D eigenvalue weighted by Crippen LogP contribution is -2.35. The fourth-order valence-corrected chi connectivity index (χ4v) is 3.61. The van der Waals surface area contributed by atoms with Crippen LogP contribution in [-0.4, -0.2) is 17.0 Å². The number of hydrogen-bond donors (Lipinski definition) is 2. The van der Waals surface area contributed by atoms with E-state index in [1.807, 2.05) is 49.4 Å². The van der Waals surface area contributed by atoms with Crippen LogP contribution in [-0.2, 0) is 16.0 Å². The molecule has 4 heteroatoms. The number of carbonyl (C=O) groups excluding carboxylic acids is 1. The number of carboxylic acids is 1. The van der Waals surface area contributed by atoms with E-state index in [9.17, 15) is 14.7 Å². The number of carboxylic acid groups (broad SMARTS) is 1. The lowest BCUT2D eigenvalue weighted by atomic mass is 9.82. The van der Waals surface area contributed by atoms with Crippen LogP contribution in [0.1, 0.15) is 53.5 Å². The number of hydrogen-bond acceptors (Lipinski definition) is 2. The van der Waals surface area contributed by atoms with Gasteiger partial charge in [-0.25, -0.2) is 0 Å². The highest BCUT2D eigenvalue weighted by Gasteiger charge is 2.28. The van der Waals surface area contributed by atoms with E-state index in [0.717, 1.165) is 36.0 Å². The van der Waals surface area contributed by atoms with E-state index in [4.69, 9.17) is 0 Å². The van der Waals surface area contributed by atoms with Crippen molar-refractivity contribution in [3.63, 3.8) is 0 Å². The third-order valence-electron chi connectivity index (χ3n) is 4.83. The third-order valence-corrected chi connectivity index (χ3v) is 4.83. The Balaban J connectivity index is 1.83. The van der Waals surface area contributed by atoms with Crippen molar-refractivity contribution in [2.45, 2.75) is 44.6 Å². The first-order valence-electron chi connectivity index (χ1n) is 8.71. The first-order valence-corrected chi connectivity index (χ1v) is 8.71. The largest absolute Gasteiger partial charge is 0.481 e. The normalized spacial score (nSPS) is 17.4. The average molecular weight is 337 g/mol. The number of benzene rings is 2. The Morgan fingerprint density at radius 3 is 2.76 bits per heavy atom. The van der Waals surface area contributed by atoms with Crippen molar-refractivity contribution in [1.82, 2.24) is 5.32 Å². The molecule has 2 atom stereocenters. The first kappa shape index (κ1) is 17.2. The van der Waals surface area contributed by atoms with Gasteiger partial charge in [-0.2, -0.15) is 0 Å². The number of amides is 1. The summed E-state index contributed by atoms with van der Waals surface area (Å²) in [6.45, 7) is 1.96. The summed E-state index contributed by atoms with van der Waals surface area (Å²) in [6, 6.07) is 15.2. The maximum absolute atomic E-state index is 12.9. The van der Waals surface area contributed by atoms with Crippen molar-refractivity contribution in [3.8, 4) is 0 Å². The Kier molecular flexibility index (Phi) is 5.17. The summed E-state index contributed by atoms with van der Waals surface area (Å²) >= 11 is 0. The summed E-state index contributed by atoms with van der Waals surface area (Å²) in [4.78, 5) is 24.2. The van der Waals surface area contributed by atoms with Crippen LogP contribution in [0.4, 0.5) is 0 Å². The quantitative estimate of drug-likeness (QED) is 0.873. The zero-order chi connectivity index (χ0) is 17.8. The molecule has 2 unspecified atom stereocenters. The lowest BCUT2D eigenvalue weighted by molar-refractivity contribution is -0.137. The van der Waals surface area contributed by atoms with Crippen LogP contribution in [0.15, 0.2) is 48.5 Å². The van der Waals surface area contributed by atoms with Crippen LogP contribution in [0, 0.1) is 6.92 Å². The molecule has 0 aromatic heterocycles. The van der Waals surface area contributed by atoms with E-state index in [0.29, 0.717) is 0 Å². The minimum absolute atomic E-state index is 0.0834. The van der Waals surface area contributed by atoms with Gasteiger partial charge in [0, 0.05) is 0 Å². The van der Waals surface area contributed by atoms with Gasteiger partial charge in [-0.15, -0.1) is 0 Å². The Labute approximate surface area is 147 Å². The fraction of sp³-hybridized carbons (Fsp3) is 0.333. The van der Waals surface area contributed by atoms with Crippen molar-refractivity contribution >= 4 is 11.9 Å². The number of fused-ring (bicyclic) bond motifs is 1. The molecule has 3 rings (SSSR count). The Morgan fingerprint density at radius 1 is 1.20 bits per heavy atom. The summed E-state index contributed by atoms with van der Waals surface area (Å²) in [7, 11) is 0. The second kappa shape index (κ2) is 7.51. The molecule has 2 aromatic carbocycles. The molecule has 0 bridgehead atoms. The van der Waals surface area contributed by atoms with Gasteiger partial charge in [0.2, 0.25) is 5.91 Å². The van der Waals surface area contributed by atoms with Crippen LogP contribution >= 0.6 is 0 Å². The zero-order valence-electron chi connectivity index (χ0n) is 14.4. The summed E-state index contributed by atoms with van der Waals surface area (Å²) < 4.78 is 0. The molecular weight excluding hydrogens is 314 g/mol. The molecule has 0 fully saturated rings. The van der Waals surface area contributed by atoms with Crippen LogP contribution in [0.5, 0.6) is 0 Å². The number of nitrogens with one attached hydrogen (secondary N) is 1. The molecule has 1 aliphatic rings. The highest BCUT2D eigenvalue weighted by atomic mass is 16.4. The Morgan fingerprint density at radius 2 is 2.00 bits per heavy atom. The van der Waals surface area contributed by atoms with Crippen molar-refractivity contribution in [2.75, 3.05) is 0 Å². The predicted molar refractivity (Wildman–Crippen MR) is 96.4 cm³/mol. The highest BCUT2D eigenvalue weighted by molar-refractivity contribution is 5.85. The summed E-state index contributed by atoms with van der Waals surface area (Å²) in [5.41, 5.74) is 4.17. The minimum atomic E-state index is -0.921.